The highest BCUT2D eigenvalue weighted by Gasteiger charge is 2.50. The van der Waals surface area contributed by atoms with Crippen LogP contribution in [0.25, 0.3) is 0 Å². The first-order valence-corrected chi connectivity index (χ1v) is 12.2. The topological polar surface area (TPSA) is 204 Å². The van der Waals surface area contributed by atoms with Crippen LogP contribution in [0.5, 0.6) is 0 Å². The third kappa shape index (κ3) is 3.79. The average molecular weight is 476 g/mol. The van der Waals surface area contributed by atoms with Gasteiger partial charge in [0.05, 0.1) is 31.0 Å². The summed E-state index contributed by atoms with van der Waals surface area (Å²) in [5.74, 6) is -4.82. The summed E-state index contributed by atoms with van der Waals surface area (Å²) in [6, 6.07) is 0.742. The quantitative estimate of drug-likeness (QED) is 0.284. The van der Waals surface area contributed by atoms with E-state index in [0.717, 1.165) is 19.2 Å². The molecule has 1 aromatic rings. The summed E-state index contributed by atoms with van der Waals surface area (Å²) in [5.41, 5.74) is 11.3. The number of Topliss-reactive ketones (excluding diaryl/α,β-unsaturated/α-hetero) is 1. The van der Waals surface area contributed by atoms with Crippen molar-refractivity contribution in [1.82, 2.24) is 4.90 Å². The molecule has 1 aromatic carbocycles. The predicted molar refractivity (Wildman–Crippen MR) is 105 cm³/mol. The number of nitrogens with zero attached hydrogens (tertiary/aromatic N) is 1. The molecular formula is C17H21N3O9S2. The molecule has 0 saturated heterocycles. The fourth-order valence-corrected chi connectivity index (χ4v) is 5.84. The Morgan fingerprint density at radius 2 is 1.90 bits per heavy atom. The number of sulfone groups is 1. The Balaban J connectivity index is 2.30. The molecule has 0 fully saturated rings. The van der Waals surface area contributed by atoms with Crippen molar-refractivity contribution in [3.8, 4) is 0 Å². The molecule has 1 aliphatic heterocycles. The van der Waals surface area contributed by atoms with E-state index in [1.165, 1.54) is 0 Å². The highest BCUT2D eigenvalue weighted by atomic mass is 32.2. The minimum atomic E-state index is -4.25. The van der Waals surface area contributed by atoms with Crippen molar-refractivity contribution in [2.24, 2.45) is 11.5 Å². The maximum atomic E-state index is 13.1. The van der Waals surface area contributed by atoms with Crippen molar-refractivity contribution in [3.63, 3.8) is 0 Å². The van der Waals surface area contributed by atoms with Crippen molar-refractivity contribution < 1.29 is 40.5 Å². The van der Waals surface area contributed by atoms with Crippen LogP contribution in [0.3, 0.4) is 0 Å². The number of benzene rings is 1. The largest absolute Gasteiger partial charge is 0.380 e. The molecule has 3 atom stereocenters. The molecule has 170 valence electrons. The Labute approximate surface area is 178 Å². The zero-order valence-electron chi connectivity index (χ0n) is 16.3. The molecule has 2 amide bonds. The van der Waals surface area contributed by atoms with E-state index in [2.05, 4.69) is 4.18 Å². The van der Waals surface area contributed by atoms with E-state index in [4.69, 9.17) is 11.5 Å². The van der Waals surface area contributed by atoms with Crippen molar-refractivity contribution in [2.45, 2.75) is 28.5 Å². The van der Waals surface area contributed by atoms with Crippen LogP contribution in [-0.2, 0) is 33.7 Å². The number of hydrogen-bond donors (Lipinski definition) is 3. The van der Waals surface area contributed by atoms with Crippen LogP contribution in [0.15, 0.2) is 17.0 Å². The first kappa shape index (κ1) is 23.4. The van der Waals surface area contributed by atoms with Crippen molar-refractivity contribution in [1.29, 1.82) is 0 Å². The number of nitrogens with two attached hydrogens (primary N) is 2. The van der Waals surface area contributed by atoms with Crippen LogP contribution < -0.4 is 11.5 Å². The molecule has 3 rings (SSSR count). The van der Waals surface area contributed by atoms with Gasteiger partial charge in [-0.15, -0.1) is 0 Å². The molecule has 0 spiro atoms. The highest BCUT2D eigenvalue weighted by molar-refractivity contribution is 7.91. The second kappa shape index (κ2) is 8.03. The van der Waals surface area contributed by atoms with Gasteiger partial charge in [0.25, 0.3) is 16.0 Å². The summed E-state index contributed by atoms with van der Waals surface area (Å²) >= 11 is 0. The lowest BCUT2D eigenvalue weighted by Crippen LogP contribution is -2.52. The van der Waals surface area contributed by atoms with E-state index in [1.807, 2.05) is 0 Å². The predicted octanol–water partition coefficient (Wildman–Crippen LogP) is -2.25. The van der Waals surface area contributed by atoms with Crippen LogP contribution in [0.1, 0.15) is 39.9 Å². The molecule has 3 unspecified atom stereocenters. The maximum absolute atomic E-state index is 13.1. The van der Waals surface area contributed by atoms with Gasteiger partial charge in [0.15, 0.2) is 5.78 Å². The van der Waals surface area contributed by atoms with Gasteiger partial charge in [-0.1, -0.05) is 0 Å². The van der Waals surface area contributed by atoms with Crippen LogP contribution in [-0.4, -0.2) is 75.8 Å². The molecular weight excluding hydrogens is 454 g/mol. The lowest BCUT2D eigenvalue weighted by molar-refractivity contribution is -0.134. The third-order valence-electron chi connectivity index (χ3n) is 5.50. The van der Waals surface area contributed by atoms with Gasteiger partial charge < -0.3 is 16.6 Å². The second-order valence-corrected chi connectivity index (χ2v) is 11.1. The smallest absolute Gasteiger partial charge is 0.271 e. The minimum absolute atomic E-state index is 0.0297. The number of carbonyl (C=O) groups excluding carboxylic acids is 3. The summed E-state index contributed by atoms with van der Waals surface area (Å²) in [5, 5.41) is 7.82. The maximum Gasteiger partial charge on any atom is 0.271 e. The fourth-order valence-electron chi connectivity index (χ4n) is 3.91. The number of aliphatic hydroxyl groups is 1. The van der Waals surface area contributed by atoms with Gasteiger partial charge in [0.1, 0.15) is 11.2 Å². The van der Waals surface area contributed by atoms with Crippen LogP contribution in [0, 0.1) is 0 Å². The summed E-state index contributed by atoms with van der Waals surface area (Å²) in [7, 11) is -7.57. The summed E-state index contributed by atoms with van der Waals surface area (Å²) < 4.78 is 54.0. The highest BCUT2D eigenvalue weighted by Crippen LogP contribution is 2.46. The molecule has 0 aromatic heterocycles. The third-order valence-corrected chi connectivity index (χ3v) is 8.48. The number of amides is 2. The van der Waals surface area contributed by atoms with E-state index in [0.29, 0.717) is 4.90 Å². The molecule has 12 nitrogen and oxygen atoms in total. The van der Waals surface area contributed by atoms with Gasteiger partial charge in [0, 0.05) is 11.6 Å². The van der Waals surface area contributed by atoms with Crippen LogP contribution >= 0.6 is 0 Å². The molecule has 1 aliphatic carbocycles. The summed E-state index contributed by atoms with van der Waals surface area (Å²) in [6.45, 7) is -1.09. The molecule has 0 radical (unpaired) electrons. The van der Waals surface area contributed by atoms with Crippen molar-refractivity contribution in [2.75, 3.05) is 26.1 Å². The average Bonchev–Trinajstić information content (AvgIpc) is 2.74. The first-order chi connectivity index (χ1) is 14.4. The number of rotatable bonds is 7. The number of hydrogen-bond acceptors (Lipinski definition) is 11. The van der Waals surface area contributed by atoms with Crippen LogP contribution in [0.4, 0.5) is 0 Å². The van der Waals surface area contributed by atoms with Gasteiger partial charge >= 0.3 is 0 Å². The molecule has 0 bridgehead atoms. The monoisotopic (exact) mass is 475 g/mol. The van der Waals surface area contributed by atoms with E-state index in [9.17, 15) is 36.3 Å². The first-order valence-electron chi connectivity index (χ1n) is 9.03. The van der Waals surface area contributed by atoms with Gasteiger partial charge in [-0.2, -0.15) is 8.42 Å². The van der Waals surface area contributed by atoms with Crippen LogP contribution in [0.2, 0.25) is 0 Å². The number of ketones is 1. The van der Waals surface area contributed by atoms with E-state index in [-0.39, 0.29) is 23.1 Å². The van der Waals surface area contributed by atoms with Gasteiger partial charge in [-0.25, -0.2) is 8.42 Å². The zero-order valence-corrected chi connectivity index (χ0v) is 18.0. The molecule has 2 aliphatic rings. The lowest BCUT2D eigenvalue weighted by atomic mass is 9.74. The van der Waals surface area contributed by atoms with Gasteiger partial charge in [-0.05, 0) is 29.7 Å². The molecule has 31 heavy (non-hydrogen) atoms. The molecule has 1 heterocycles. The van der Waals surface area contributed by atoms with E-state index in [1.54, 1.807) is 0 Å². The minimum Gasteiger partial charge on any atom is -0.380 e. The number of imide groups is 1. The lowest BCUT2D eigenvalue weighted by Gasteiger charge is -2.40. The zero-order chi connectivity index (χ0) is 23.3. The summed E-state index contributed by atoms with van der Waals surface area (Å²) in [4.78, 5) is 38.0. The second-order valence-electron chi connectivity index (χ2n) is 7.20. The molecule has 14 heteroatoms. The molecule has 5 N–H and O–H groups in total. The van der Waals surface area contributed by atoms with Crippen molar-refractivity contribution in [3.05, 3.63) is 28.8 Å². The standard InChI is InChI=1S/C17H21N3O9S2/c1-29-31(27,28)13-4-12-14-10(15(13)19)2-9(30(25,26)7-21)3-11(14)16(23)20(17(12)24)6-8(22)5-18/h2-3,12-13,15,21H,4-7,18-19H2,1H3. The number of aliphatic hydroxyl groups excluding tert-OH is 1. The van der Waals surface area contributed by atoms with E-state index < -0.39 is 78.7 Å². The SMILES string of the molecule is COS(=O)(=O)C1CC2C(=O)N(CC(=O)CN)C(=O)c3cc(S(=O)(=O)CO)cc(c32)C1N. The van der Waals surface area contributed by atoms with Gasteiger partial charge in [-0.3, -0.25) is 23.5 Å². The van der Waals surface area contributed by atoms with Gasteiger partial charge in [0.2, 0.25) is 15.7 Å². The fraction of sp³-hybridized carbons (Fsp3) is 0.471. The Morgan fingerprint density at radius 1 is 1.26 bits per heavy atom. The Bertz CT molecular complexity index is 1180. The normalized spacial score (nSPS) is 23.6. The van der Waals surface area contributed by atoms with E-state index >= 15 is 0 Å². The van der Waals surface area contributed by atoms with Crippen molar-refractivity contribution >= 4 is 37.6 Å². The Hall–Kier alpha value is -2.23. The Morgan fingerprint density at radius 3 is 2.45 bits per heavy atom. The number of carbonyl (C=O) groups is 3. The Kier molecular flexibility index (Phi) is 6.07. The molecule has 0 saturated carbocycles. The summed E-state index contributed by atoms with van der Waals surface area (Å²) in [6.07, 6.45) is -0.330.